The van der Waals surface area contributed by atoms with Crippen molar-refractivity contribution >= 4 is 12.2 Å². The highest BCUT2D eigenvalue weighted by Gasteiger charge is 2.23. The molecule has 0 radical (unpaired) electrons. The van der Waals surface area contributed by atoms with Gasteiger partial charge >= 0.3 is 0 Å². The number of rotatable bonds is 14. The van der Waals surface area contributed by atoms with E-state index >= 15 is 0 Å². The van der Waals surface area contributed by atoms with Gasteiger partial charge in [-0.1, -0.05) is 58.8 Å². The number of hydrogen-bond acceptors (Lipinski definition) is 4. The second-order valence-electron chi connectivity index (χ2n) is 6.17. The molecule has 21 heavy (non-hydrogen) atoms. The van der Waals surface area contributed by atoms with Gasteiger partial charge in [-0.25, -0.2) is 19.6 Å². The van der Waals surface area contributed by atoms with Crippen molar-refractivity contribution in [3.8, 4) is 0 Å². The number of isocyanates is 2. The Labute approximate surface area is 129 Å². The van der Waals surface area contributed by atoms with Crippen LogP contribution < -0.4 is 0 Å². The molecule has 0 saturated heterocycles. The van der Waals surface area contributed by atoms with Gasteiger partial charge in [0.15, 0.2) is 0 Å². The van der Waals surface area contributed by atoms with Gasteiger partial charge in [-0.15, -0.1) is 0 Å². The van der Waals surface area contributed by atoms with Gasteiger partial charge in [-0.2, -0.15) is 0 Å². The van der Waals surface area contributed by atoms with Crippen LogP contribution in [-0.4, -0.2) is 25.2 Å². The largest absolute Gasteiger partial charge is 0.234 e. The lowest BCUT2D eigenvalue weighted by Crippen LogP contribution is -2.21. The second-order valence-corrected chi connectivity index (χ2v) is 6.17. The van der Waals surface area contributed by atoms with E-state index in [1.165, 1.54) is 44.9 Å². The van der Waals surface area contributed by atoms with Crippen LogP contribution in [-0.2, 0) is 9.59 Å². The van der Waals surface area contributed by atoms with Gasteiger partial charge in [0.1, 0.15) is 0 Å². The van der Waals surface area contributed by atoms with E-state index < -0.39 is 0 Å². The van der Waals surface area contributed by atoms with Gasteiger partial charge in [-0.3, -0.25) is 0 Å². The van der Waals surface area contributed by atoms with Crippen molar-refractivity contribution in [2.24, 2.45) is 15.4 Å². The van der Waals surface area contributed by atoms with Gasteiger partial charge in [0, 0.05) is 0 Å². The van der Waals surface area contributed by atoms with Crippen molar-refractivity contribution in [1.82, 2.24) is 0 Å². The lowest BCUT2D eigenvalue weighted by Gasteiger charge is -2.27. The molecule has 1 atom stereocenters. The first-order chi connectivity index (χ1) is 10.2. The summed E-state index contributed by atoms with van der Waals surface area (Å²) in [7, 11) is 0. The van der Waals surface area contributed by atoms with Crippen LogP contribution in [0, 0.1) is 5.41 Å². The highest BCUT2D eigenvalue weighted by Crippen LogP contribution is 2.30. The van der Waals surface area contributed by atoms with Crippen molar-refractivity contribution in [1.29, 1.82) is 0 Å². The van der Waals surface area contributed by atoms with E-state index in [1.54, 1.807) is 12.2 Å². The number of hydrogen-bond donors (Lipinski definition) is 0. The van der Waals surface area contributed by atoms with Crippen LogP contribution in [0.15, 0.2) is 9.98 Å². The molecule has 0 aliphatic rings. The molecule has 0 amide bonds. The SMILES string of the molecule is CCCCCCCCCC(C)(CCCN=C=O)CN=C=O. The molecule has 0 aliphatic carbocycles. The molecule has 0 N–H and O–H groups in total. The summed E-state index contributed by atoms with van der Waals surface area (Å²) >= 11 is 0. The molecule has 0 saturated carbocycles. The third kappa shape index (κ3) is 12.2. The minimum atomic E-state index is 0.0270. The van der Waals surface area contributed by atoms with Gasteiger partial charge in [-0.05, 0) is 24.7 Å². The fraction of sp³-hybridized carbons (Fsp3) is 0.882. The fourth-order valence-electron chi connectivity index (χ4n) is 2.65. The summed E-state index contributed by atoms with van der Waals surface area (Å²) < 4.78 is 0. The summed E-state index contributed by atoms with van der Waals surface area (Å²) in [4.78, 5) is 27.8. The maximum Gasteiger partial charge on any atom is 0.234 e. The molecule has 0 aromatic carbocycles. The molecule has 4 nitrogen and oxygen atoms in total. The molecular weight excluding hydrogens is 264 g/mol. The minimum absolute atomic E-state index is 0.0270. The van der Waals surface area contributed by atoms with E-state index in [2.05, 4.69) is 23.8 Å². The lowest BCUT2D eigenvalue weighted by molar-refractivity contribution is 0.267. The zero-order valence-electron chi connectivity index (χ0n) is 13.7. The van der Waals surface area contributed by atoms with Crippen molar-refractivity contribution < 1.29 is 9.59 Å². The first-order valence-corrected chi connectivity index (χ1v) is 8.26. The van der Waals surface area contributed by atoms with Crippen LogP contribution in [0.2, 0.25) is 0 Å². The van der Waals surface area contributed by atoms with Crippen LogP contribution in [0.5, 0.6) is 0 Å². The Hall–Kier alpha value is -1.24. The van der Waals surface area contributed by atoms with E-state index in [4.69, 9.17) is 0 Å². The van der Waals surface area contributed by atoms with Crippen molar-refractivity contribution in [3.63, 3.8) is 0 Å². The minimum Gasteiger partial charge on any atom is -0.211 e. The Balaban J connectivity index is 3.97. The zero-order valence-corrected chi connectivity index (χ0v) is 13.7. The first kappa shape index (κ1) is 19.8. The summed E-state index contributed by atoms with van der Waals surface area (Å²) in [6, 6.07) is 0. The van der Waals surface area contributed by atoms with Crippen LogP contribution in [0.4, 0.5) is 0 Å². The average molecular weight is 294 g/mol. The summed E-state index contributed by atoms with van der Waals surface area (Å²) in [5.41, 5.74) is 0.0270. The molecule has 120 valence electrons. The monoisotopic (exact) mass is 294 g/mol. The molecule has 0 aromatic rings. The fourth-order valence-corrected chi connectivity index (χ4v) is 2.65. The molecule has 1 unspecified atom stereocenters. The van der Waals surface area contributed by atoms with E-state index in [1.807, 2.05) is 0 Å². The van der Waals surface area contributed by atoms with Gasteiger partial charge in [0.2, 0.25) is 12.2 Å². The first-order valence-electron chi connectivity index (χ1n) is 8.26. The Morgan fingerprint density at radius 1 is 0.810 bits per heavy atom. The van der Waals surface area contributed by atoms with E-state index in [0.717, 1.165) is 19.3 Å². The smallest absolute Gasteiger partial charge is 0.211 e. The molecule has 0 aromatic heterocycles. The number of unbranched alkanes of at least 4 members (excludes halogenated alkanes) is 6. The quantitative estimate of drug-likeness (QED) is 0.267. The maximum atomic E-state index is 10.3. The molecule has 0 fully saturated rings. The van der Waals surface area contributed by atoms with E-state index in [9.17, 15) is 9.59 Å². The van der Waals surface area contributed by atoms with Crippen LogP contribution >= 0.6 is 0 Å². The second kappa shape index (κ2) is 13.7. The summed E-state index contributed by atoms with van der Waals surface area (Å²) in [6.45, 7) is 5.43. The predicted octanol–water partition coefficient (Wildman–Crippen LogP) is 4.59. The van der Waals surface area contributed by atoms with E-state index in [0.29, 0.717) is 13.1 Å². The highest BCUT2D eigenvalue weighted by atomic mass is 16.1. The molecule has 0 aliphatic heterocycles. The Kier molecular flexibility index (Phi) is 12.9. The molecular formula is C17H30N2O2. The van der Waals surface area contributed by atoms with E-state index in [-0.39, 0.29) is 5.41 Å². The molecule has 0 spiro atoms. The van der Waals surface area contributed by atoms with Crippen molar-refractivity contribution in [2.75, 3.05) is 13.1 Å². The predicted molar refractivity (Wildman–Crippen MR) is 85.9 cm³/mol. The van der Waals surface area contributed by atoms with Gasteiger partial charge in [0.25, 0.3) is 0 Å². The van der Waals surface area contributed by atoms with Crippen LogP contribution in [0.1, 0.15) is 78.1 Å². The lowest BCUT2D eigenvalue weighted by atomic mass is 9.80. The standard InChI is InChI=1S/C17H30N2O2/c1-3-4-5-6-7-8-9-11-17(2,14-19-16-21)12-10-13-18-15-20/h3-14H2,1-2H3. The summed E-state index contributed by atoms with van der Waals surface area (Å²) in [5.74, 6) is 0. The number of nitrogens with zero attached hydrogens (tertiary/aromatic N) is 2. The van der Waals surface area contributed by atoms with Crippen molar-refractivity contribution in [2.45, 2.75) is 78.1 Å². The Morgan fingerprint density at radius 2 is 1.38 bits per heavy atom. The average Bonchev–Trinajstić information content (AvgIpc) is 2.49. The van der Waals surface area contributed by atoms with Crippen LogP contribution in [0.25, 0.3) is 0 Å². The third-order valence-electron chi connectivity index (χ3n) is 4.02. The number of aliphatic imine (C=N–C) groups is 2. The zero-order chi connectivity index (χ0) is 15.8. The molecule has 4 heteroatoms. The third-order valence-corrected chi connectivity index (χ3v) is 4.02. The Morgan fingerprint density at radius 3 is 2.00 bits per heavy atom. The molecule has 0 rings (SSSR count). The number of carbonyl (C=O) groups excluding carboxylic acids is 2. The van der Waals surface area contributed by atoms with Crippen molar-refractivity contribution in [3.05, 3.63) is 0 Å². The molecule has 0 heterocycles. The summed E-state index contributed by atoms with van der Waals surface area (Å²) in [6.07, 6.45) is 15.0. The van der Waals surface area contributed by atoms with Crippen LogP contribution in [0.3, 0.4) is 0 Å². The summed E-state index contributed by atoms with van der Waals surface area (Å²) in [5, 5.41) is 0. The highest BCUT2D eigenvalue weighted by molar-refractivity contribution is 5.33. The normalized spacial score (nSPS) is 13.0. The topological polar surface area (TPSA) is 58.9 Å². The van der Waals surface area contributed by atoms with Gasteiger partial charge in [0.05, 0.1) is 13.1 Å². The maximum absolute atomic E-state index is 10.3. The van der Waals surface area contributed by atoms with Gasteiger partial charge < -0.3 is 0 Å². The molecule has 0 bridgehead atoms. The Bertz CT molecular complexity index is 345.